The van der Waals surface area contributed by atoms with Gasteiger partial charge in [0.05, 0.1) is 17.3 Å². The van der Waals surface area contributed by atoms with Gasteiger partial charge in [0.2, 0.25) is 0 Å². The Morgan fingerprint density at radius 3 is 2.00 bits per heavy atom. The van der Waals surface area contributed by atoms with Crippen molar-refractivity contribution in [3.8, 4) is 22.4 Å². The van der Waals surface area contributed by atoms with Gasteiger partial charge in [0.1, 0.15) is 0 Å². The van der Waals surface area contributed by atoms with E-state index in [2.05, 4.69) is 79.4 Å². The van der Waals surface area contributed by atoms with Crippen LogP contribution in [0.3, 0.4) is 0 Å². The molecule has 0 bridgehead atoms. The van der Waals surface area contributed by atoms with E-state index in [1.54, 1.807) is 0 Å². The van der Waals surface area contributed by atoms with Crippen molar-refractivity contribution in [2.24, 2.45) is 0 Å². The summed E-state index contributed by atoms with van der Waals surface area (Å²) in [5.41, 5.74) is 6.10. The fourth-order valence-electron chi connectivity index (χ4n) is 4.56. The van der Waals surface area contributed by atoms with Crippen LogP contribution in [-0.4, -0.2) is 34.6 Å². The van der Waals surface area contributed by atoms with Crippen molar-refractivity contribution in [2.45, 2.75) is 45.6 Å². The second-order valence-corrected chi connectivity index (χ2v) is 9.05. The molecule has 0 amide bonds. The van der Waals surface area contributed by atoms with Crippen LogP contribution in [0.15, 0.2) is 84.9 Å². The molecule has 1 aromatic heterocycles. The molecule has 1 unspecified atom stereocenters. The standard InChI is InChI=1S/C31H36N2O/c1-3-5-20-33(21-6-4-2)23-30(34)28-22-29(25-16-11-8-12-17-25)32-31-26(18-13-19-27(28)31)24-14-9-7-10-15-24/h7-19,22,30,34H,3-6,20-21,23H2,1-2H3. The molecule has 34 heavy (non-hydrogen) atoms. The summed E-state index contributed by atoms with van der Waals surface area (Å²) in [6, 6.07) is 29.1. The predicted octanol–water partition coefficient (Wildman–Crippen LogP) is 7.50. The SMILES string of the molecule is CCCCN(CCCC)CC(O)c1cc(-c2ccccc2)nc2c(-c3ccccc3)cccc12. The minimum absolute atomic E-state index is 0.576. The summed E-state index contributed by atoms with van der Waals surface area (Å²) >= 11 is 0. The van der Waals surface area contributed by atoms with Crippen LogP contribution in [0.5, 0.6) is 0 Å². The van der Waals surface area contributed by atoms with Crippen molar-refractivity contribution in [2.75, 3.05) is 19.6 Å². The summed E-state index contributed by atoms with van der Waals surface area (Å²) in [6.07, 6.45) is 4.06. The van der Waals surface area contributed by atoms with E-state index in [0.717, 1.165) is 77.6 Å². The summed E-state index contributed by atoms with van der Waals surface area (Å²) in [6.45, 7) is 7.14. The van der Waals surface area contributed by atoms with E-state index in [1.165, 1.54) is 0 Å². The number of hydrogen-bond donors (Lipinski definition) is 1. The molecule has 0 spiro atoms. The van der Waals surface area contributed by atoms with Crippen molar-refractivity contribution in [3.05, 3.63) is 90.5 Å². The van der Waals surface area contributed by atoms with E-state index in [9.17, 15) is 5.11 Å². The molecule has 1 N–H and O–H groups in total. The molecule has 1 heterocycles. The van der Waals surface area contributed by atoms with Crippen LogP contribution in [0.25, 0.3) is 33.3 Å². The molecule has 0 aliphatic rings. The average molecular weight is 453 g/mol. The Kier molecular flexibility index (Phi) is 8.46. The molecule has 0 aliphatic heterocycles. The van der Waals surface area contributed by atoms with E-state index < -0.39 is 6.10 Å². The van der Waals surface area contributed by atoms with Crippen LogP contribution < -0.4 is 0 Å². The Bertz CT molecular complexity index is 1170. The van der Waals surface area contributed by atoms with E-state index in [1.807, 2.05) is 24.3 Å². The normalized spacial score (nSPS) is 12.4. The molecule has 176 valence electrons. The quantitative estimate of drug-likeness (QED) is 0.256. The fraction of sp³-hybridized carbons (Fsp3) is 0.323. The minimum Gasteiger partial charge on any atom is -0.387 e. The highest BCUT2D eigenvalue weighted by Crippen LogP contribution is 2.34. The van der Waals surface area contributed by atoms with Gasteiger partial charge in [-0.15, -0.1) is 0 Å². The monoisotopic (exact) mass is 452 g/mol. The Morgan fingerprint density at radius 2 is 1.38 bits per heavy atom. The number of para-hydroxylation sites is 1. The number of aliphatic hydroxyl groups excluding tert-OH is 1. The van der Waals surface area contributed by atoms with Gasteiger partial charge in [-0.1, -0.05) is 106 Å². The maximum atomic E-state index is 11.6. The smallest absolute Gasteiger partial charge is 0.0924 e. The van der Waals surface area contributed by atoms with Crippen molar-refractivity contribution in [1.29, 1.82) is 0 Å². The van der Waals surface area contributed by atoms with Gasteiger partial charge in [0.25, 0.3) is 0 Å². The first-order valence-electron chi connectivity index (χ1n) is 12.7. The maximum Gasteiger partial charge on any atom is 0.0924 e. The lowest BCUT2D eigenvalue weighted by molar-refractivity contribution is 0.112. The lowest BCUT2D eigenvalue weighted by Gasteiger charge is -2.26. The van der Waals surface area contributed by atoms with Crippen molar-refractivity contribution >= 4 is 10.9 Å². The van der Waals surface area contributed by atoms with Crippen LogP contribution in [0.4, 0.5) is 0 Å². The number of benzene rings is 3. The van der Waals surface area contributed by atoms with Gasteiger partial charge >= 0.3 is 0 Å². The lowest BCUT2D eigenvalue weighted by atomic mass is 9.95. The molecule has 3 heteroatoms. The molecule has 0 aliphatic carbocycles. The zero-order chi connectivity index (χ0) is 23.8. The molecule has 4 rings (SSSR count). The third-order valence-corrected chi connectivity index (χ3v) is 6.47. The second kappa shape index (κ2) is 11.9. The van der Waals surface area contributed by atoms with Gasteiger partial charge < -0.3 is 10.0 Å². The van der Waals surface area contributed by atoms with Crippen LogP contribution in [0.1, 0.15) is 51.2 Å². The molecule has 3 aromatic carbocycles. The average Bonchev–Trinajstić information content (AvgIpc) is 2.90. The topological polar surface area (TPSA) is 36.4 Å². The first kappa shape index (κ1) is 24.1. The molecule has 1 atom stereocenters. The number of pyridine rings is 1. The number of hydrogen-bond acceptors (Lipinski definition) is 3. The molecular formula is C31H36N2O. The molecule has 4 aromatic rings. The Hall–Kier alpha value is -3.01. The number of aromatic nitrogens is 1. The second-order valence-electron chi connectivity index (χ2n) is 9.05. The molecule has 3 nitrogen and oxygen atoms in total. The predicted molar refractivity (Wildman–Crippen MR) is 144 cm³/mol. The number of nitrogens with zero attached hydrogens (tertiary/aromatic N) is 2. The summed E-state index contributed by atoms with van der Waals surface area (Å²) < 4.78 is 0. The van der Waals surface area contributed by atoms with Gasteiger partial charge in [-0.05, 0) is 43.1 Å². The molecular weight excluding hydrogens is 416 g/mol. The lowest BCUT2D eigenvalue weighted by Crippen LogP contribution is -2.31. The molecule has 0 fully saturated rings. The van der Waals surface area contributed by atoms with E-state index in [-0.39, 0.29) is 0 Å². The largest absolute Gasteiger partial charge is 0.387 e. The summed E-state index contributed by atoms with van der Waals surface area (Å²) in [5, 5.41) is 12.6. The van der Waals surface area contributed by atoms with Crippen molar-refractivity contribution < 1.29 is 5.11 Å². The first-order valence-corrected chi connectivity index (χ1v) is 12.7. The third kappa shape index (κ3) is 5.72. The first-order chi connectivity index (χ1) is 16.7. The fourth-order valence-corrected chi connectivity index (χ4v) is 4.56. The zero-order valence-corrected chi connectivity index (χ0v) is 20.5. The highest BCUT2D eigenvalue weighted by molar-refractivity contribution is 5.97. The summed E-state index contributed by atoms with van der Waals surface area (Å²) in [7, 11) is 0. The third-order valence-electron chi connectivity index (χ3n) is 6.47. The Labute approximate surface area is 204 Å². The molecule has 0 radical (unpaired) electrons. The number of rotatable bonds is 11. The molecule has 0 saturated carbocycles. The van der Waals surface area contributed by atoms with Crippen molar-refractivity contribution in [1.82, 2.24) is 9.88 Å². The van der Waals surface area contributed by atoms with Crippen LogP contribution in [0.2, 0.25) is 0 Å². The highest BCUT2D eigenvalue weighted by Gasteiger charge is 2.19. The Morgan fingerprint density at radius 1 is 0.765 bits per heavy atom. The number of aliphatic hydroxyl groups is 1. The Balaban J connectivity index is 1.81. The highest BCUT2D eigenvalue weighted by atomic mass is 16.3. The zero-order valence-electron chi connectivity index (χ0n) is 20.5. The molecule has 0 saturated heterocycles. The number of unbranched alkanes of at least 4 members (excludes halogenated alkanes) is 2. The van der Waals surface area contributed by atoms with Gasteiger partial charge in [0, 0.05) is 23.1 Å². The summed E-state index contributed by atoms with van der Waals surface area (Å²) in [5.74, 6) is 0. The van der Waals surface area contributed by atoms with Gasteiger partial charge in [-0.25, -0.2) is 4.98 Å². The van der Waals surface area contributed by atoms with Gasteiger partial charge in [0.15, 0.2) is 0 Å². The van der Waals surface area contributed by atoms with Gasteiger partial charge in [-0.2, -0.15) is 0 Å². The minimum atomic E-state index is -0.576. The van der Waals surface area contributed by atoms with E-state index in [0.29, 0.717) is 6.54 Å². The van der Waals surface area contributed by atoms with E-state index >= 15 is 0 Å². The van der Waals surface area contributed by atoms with Gasteiger partial charge in [-0.3, -0.25) is 0 Å². The maximum absolute atomic E-state index is 11.6. The number of fused-ring (bicyclic) bond motifs is 1. The van der Waals surface area contributed by atoms with E-state index in [4.69, 9.17) is 4.98 Å². The van der Waals surface area contributed by atoms with Crippen LogP contribution in [0, 0.1) is 0 Å². The van der Waals surface area contributed by atoms with Crippen LogP contribution in [-0.2, 0) is 0 Å². The van der Waals surface area contributed by atoms with Crippen LogP contribution >= 0.6 is 0 Å². The summed E-state index contributed by atoms with van der Waals surface area (Å²) in [4.78, 5) is 7.54. The van der Waals surface area contributed by atoms with Crippen molar-refractivity contribution in [3.63, 3.8) is 0 Å².